The smallest absolute Gasteiger partial charge is 0.256 e. The highest BCUT2D eigenvalue weighted by atomic mass is 19.1. The Hall–Kier alpha value is -2.83. The van der Waals surface area contributed by atoms with Gasteiger partial charge in [-0.25, -0.2) is 8.78 Å². The minimum atomic E-state index is -0.750. The van der Waals surface area contributed by atoms with Crippen LogP contribution >= 0.6 is 0 Å². The van der Waals surface area contributed by atoms with E-state index in [4.69, 9.17) is 0 Å². The third-order valence-corrected chi connectivity index (χ3v) is 4.16. The lowest BCUT2D eigenvalue weighted by Crippen LogP contribution is -2.37. The molecule has 2 amide bonds. The predicted octanol–water partition coefficient (Wildman–Crippen LogP) is 2.35. The van der Waals surface area contributed by atoms with Gasteiger partial charge in [0.2, 0.25) is 0 Å². The van der Waals surface area contributed by atoms with Crippen molar-refractivity contribution in [2.45, 2.75) is 6.42 Å². The second kappa shape index (κ2) is 7.38. The second-order valence-electron chi connectivity index (χ2n) is 5.80. The van der Waals surface area contributed by atoms with E-state index in [0.29, 0.717) is 31.6 Å². The SMILES string of the molecule is O=C(c1ccncc1)N1CCCN(C(=O)c2cc(F)ccc2F)CC1. The summed E-state index contributed by atoms with van der Waals surface area (Å²) in [5, 5.41) is 0. The molecule has 0 unspecified atom stereocenters. The van der Waals surface area contributed by atoms with E-state index in [-0.39, 0.29) is 18.0 Å². The lowest BCUT2D eigenvalue weighted by Gasteiger charge is -2.22. The van der Waals surface area contributed by atoms with E-state index in [2.05, 4.69) is 4.98 Å². The summed E-state index contributed by atoms with van der Waals surface area (Å²) in [6.07, 6.45) is 3.67. The molecule has 0 aliphatic carbocycles. The van der Waals surface area contributed by atoms with Gasteiger partial charge in [0.05, 0.1) is 5.56 Å². The lowest BCUT2D eigenvalue weighted by atomic mass is 10.1. The number of halogens is 2. The van der Waals surface area contributed by atoms with Crippen LogP contribution in [0.1, 0.15) is 27.1 Å². The Balaban J connectivity index is 1.70. The van der Waals surface area contributed by atoms with Gasteiger partial charge in [0.15, 0.2) is 0 Å². The summed E-state index contributed by atoms with van der Waals surface area (Å²) in [4.78, 5) is 32.0. The standard InChI is InChI=1S/C18H17F2N3O2/c19-14-2-3-16(20)15(12-14)18(25)23-9-1-8-22(10-11-23)17(24)13-4-6-21-7-5-13/h2-7,12H,1,8-11H2. The Kier molecular flexibility index (Phi) is 5.02. The zero-order valence-electron chi connectivity index (χ0n) is 13.5. The number of carbonyl (C=O) groups excluding carboxylic acids is 2. The zero-order chi connectivity index (χ0) is 17.8. The molecule has 0 radical (unpaired) electrons. The molecule has 1 saturated heterocycles. The quantitative estimate of drug-likeness (QED) is 0.840. The topological polar surface area (TPSA) is 53.5 Å². The first-order chi connectivity index (χ1) is 12.1. The van der Waals surface area contributed by atoms with Crippen LogP contribution in [0.5, 0.6) is 0 Å². The van der Waals surface area contributed by atoms with E-state index in [0.717, 1.165) is 18.2 Å². The molecule has 130 valence electrons. The van der Waals surface area contributed by atoms with Crippen LogP contribution in [-0.2, 0) is 0 Å². The van der Waals surface area contributed by atoms with Crippen LogP contribution in [0.3, 0.4) is 0 Å². The van der Waals surface area contributed by atoms with Crippen molar-refractivity contribution in [3.8, 4) is 0 Å². The molecule has 1 aromatic heterocycles. The molecule has 0 bridgehead atoms. The van der Waals surface area contributed by atoms with Crippen LogP contribution < -0.4 is 0 Å². The third kappa shape index (κ3) is 3.81. The first kappa shape index (κ1) is 17.0. The Bertz CT molecular complexity index is 783. The molecule has 1 aliphatic rings. The van der Waals surface area contributed by atoms with E-state index in [1.54, 1.807) is 29.4 Å². The zero-order valence-corrected chi connectivity index (χ0v) is 13.5. The van der Waals surface area contributed by atoms with Crippen molar-refractivity contribution in [2.75, 3.05) is 26.2 Å². The van der Waals surface area contributed by atoms with Gasteiger partial charge >= 0.3 is 0 Å². The van der Waals surface area contributed by atoms with Crippen LogP contribution in [0, 0.1) is 11.6 Å². The maximum absolute atomic E-state index is 13.8. The first-order valence-electron chi connectivity index (χ1n) is 8.00. The lowest BCUT2D eigenvalue weighted by molar-refractivity contribution is 0.0716. The van der Waals surface area contributed by atoms with Crippen LogP contribution in [0.2, 0.25) is 0 Å². The fourth-order valence-corrected chi connectivity index (χ4v) is 2.83. The summed E-state index contributed by atoms with van der Waals surface area (Å²) in [6, 6.07) is 6.10. The van der Waals surface area contributed by atoms with Crippen molar-refractivity contribution in [1.82, 2.24) is 14.8 Å². The molecule has 25 heavy (non-hydrogen) atoms. The van der Waals surface area contributed by atoms with Crippen molar-refractivity contribution >= 4 is 11.8 Å². The largest absolute Gasteiger partial charge is 0.337 e. The Morgan fingerprint density at radius 1 is 0.880 bits per heavy atom. The van der Waals surface area contributed by atoms with Crippen molar-refractivity contribution in [1.29, 1.82) is 0 Å². The maximum Gasteiger partial charge on any atom is 0.256 e. The van der Waals surface area contributed by atoms with E-state index in [9.17, 15) is 18.4 Å². The normalized spacial score (nSPS) is 15.0. The minimum Gasteiger partial charge on any atom is -0.337 e. The molecule has 1 aliphatic heterocycles. The monoisotopic (exact) mass is 345 g/mol. The average molecular weight is 345 g/mol. The summed E-state index contributed by atoms with van der Waals surface area (Å²) >= 11 is 0. The predicted molar refractivity (Wildman–Crippen MR) is 87.0 cm³/mol. The molecule has 0 N–H and O–H groups in total. The van der Waals surface area contributed by atoms with Crippen LogP contribution in [0.4, 0.5) is 8.78 Å². The van der Waals surface area contributed by atoms with Crippen molar-refractivity contribution in [3.63, 3.8) is 0 Å². The number of amides is 2. The van der Waals surface area contributed by atoms with Gasteiger partial charge in [0.25, 0.3) is 11.8 Å². The van der Waals surface area contributed by atoms with Crippen molar-refractivity contribution < 1.29 is 18.4 Å². The summed E-state index contributed by atoms with van der Waals surface area (Å²) in [6.45, 7) is 1.49. The van der Waals surface area contributed by atoms with E-state index in [1.807, 2.05) is 0 Å². The van der Waals surface area contributed by atoms with Crippen LogP contribution in [0.25, 0.3) is 0 Å². The van der Waals surface area contributed by atoms with E-state index >= 15 is 0 Å². The van der Waals surface area contributed by atoms with Gasteiger partial charge in [0, 0.05) is 44.1 Å². The molecule has 5 nitrogen and oxygen atoms in total. The number of benzene rings is 1. The average Bonchev–Trinajstić information content (AvgIpc) is 2.89. The summed E-state index contributed by atoms with van der Waals surface area (Å²) in [7, 11) is 0. The van der Waals surface area contributed by atoms with E-state index in [1.165, 1.54) is 4.90 Å². The molecular formula is C18H17F2N3O2. The molecule has 0 spiro atoms. The van der Waals surface area contributed by atoms with Gasteiger partial charge < -0.3 is 9.80 Å². The molecule has 3 rings (SSSR count). The van der Waals surface area contributed by atoms with Gasteiger partial charge in [-0.05, 0) is 36.8 Å². The molecule has 1 fully saturated rings. The van der Waals surface area contributed by atoms with Crippen molar-refractivity contribution in [2.24, 2.45) is 0 Å². The third-order valence-electron chi connectivity index (χ3n) is 4.16. The van der Waals surface area contributed by atoms with Crippen LogP contribution in [-0.4, -0.2) is 52.8 Å². The molecular weight excluding hydrogens is 328 g/mol. The number of hydrogen-bond donors (Lipinski definition) is 0. The second-order valence-corrected chi connectivity index (χ2v) is 5.80. The highest BCUT2D eigenvalue weighted by Crippen LogP contribution is 2.15. The number of carbonyl (C=O) groups is 2. The Labute approximate surface area is 143 Å². The highest BCUT2D eigenvalue weighted by molar-refractivity contribution is 5.95. The summed E-state index contributed by atoms with van der Waals surface area (Å²) in [5.74, 6) is -2.10. The summed E-state index contributed by atoms with van der Waals surface area (Å²) < 4.78 is 27.1. The van der Waals surface area contributed by atoms with Gasteiger partial charge in [-0.2, -0.15) is 0 Å². The Morgan fingerprint density at radius 3 is 2.20 bits per heavy atom. The molecule has 0 saturated carbocycles. The number of aromatic nitrogens is 1. The first-order valence-corrected chi connectivity index (χ1v) is 8.00. The minimum absolute atomic E-state index is 0.131. The van der Waals surface area contributed by atoms with E-state index < -0.39 is 17.5 Å². The highest BCUT2D eigenvalue weighted by Gasteiger charge is 2.25. The fraction of sp³-hybridized carbons (Fsp3) is 0.278. The van der Waals surface area contributed by atoms with Crippen molar-refractivity contribution in [3.05, 3.63) is 65.5 Å². The molecule has 0 atom stereocenters. The van der Waals surface area contributed by atoms with Gasteiger partial charge in [-0.1, -0.05) is 0 Å². The molecule has 2 aromatic rings. The Morgan fingerprint density at radius 2 is 1.52 bits per heavy atom. The molecule has 2 heterocycles. The summed E-state index contributed by atoms with van der Waals surface area (Å²) in [5.41, 5.74) is 0.250. The number of rotatable bonds is 2. The maximum atomic E-state index is 13.8. The molecule has 1 aromatic carbocycles. The van der Waals surface area contributed by atoms with Gasteiger partial charge in [-0.3, -0.25) is 14.6 Å². The molecule has 7 heteroatoms. The number of hydrogen-bond acceptors (Lipinski definition) is 3. The van der Waals surface area contributed by atoms with Gasteiger partial charge in [-0.15, -0.1) is 0 Å². The fourth-order valence-electron chi connectivity index (χ4n) is 2.83. The van der Waals surface area contributed by atoms with Crippen LogP contribution in [0.15, 0.2) is 42.7 Å². The number of nitrogens with zero attached hydrogens (tertiary/aromatic N) is 3. The van der Waals surface area contributed by atoms with Gasteiger partial charge in [0.1, 0.15) is 11.6 Å². The number of pyridine rings is 1.